The van der Waals surface area contributed by atoms with Crippen LogP contribution < -0.4 is 4.90 Å². The molecule has 0 saturated carbocycles. The molecule has 0 unspecified atom stereocenters. The van der Waals surface area contributed by atoms with E-state index in [1.807, 2.05) is 20.8 Å². The summed E-state index contributed by atoms with van der Waals surface area (Å²) in [6, 6.07) is 4.63. The highest BCUT2D eigenvalue weighted by atomic mass is 19.4. The lowest BCUT2D eigenvalue weighted by molar-refractivity contribution is -0.137. The van der Waals surface area contributed by atoms with E-state index in [9.17, 15) is 18.0 Å². The molecule has 2 heterocycles. The Labute approximate surface area is 170 Å². The molecule has 5 nitrogen and oxygen atoms in total. The van der Waals surface area contributed by atoms with E-state index >= 15 is 0 Å². The van der Waals surface area contributed by atoms with Crippen LogP contribution in [0.3, 0.4) is 0 Å². The highest BCUT2D eigenvalue weighted by Gasteiger charge is 2.37. The summed E-state index contributed by atoms with van der Waals surface area (Å²) >= 11 is 0. The number of nitrogens with zero attached hydrogens (tertiary/aromatic N) is 3. The molecule has 1 aromatic carbocycles. The van der Waals surface area contributed by atoms with Gasteiger partial charge in [-0.15, -0.1) is 0 Å². The van der Waals surface area contributed by atoms with Crippen molar-refractivity contribution in [3.63, 3.8) is 0 Å². The zero-order chi connectivity index (χ0) is 21.2. The molecule has 162 valence electrons. The van der Waals surface area contributed by atoms with Crippen molar-refractivity contribution in [2.75, 3.05) is 63.9 Å². The van der Waals surface area contributed by atoms with E-state index in [0.29, 0.717) is 51.5 Å². The van der Waals surface area contributed by atoms with E-state index in [1.165, 1.54) is 6.07 Å². The number of hydrogen-bond donors (Lipinski definition) is 0. The molecule has 0 atom stereocenters. The van der Waals surface area contributed by atoms with Gasteiger partial charge in [0.2, 0.25) is 5.91 Å². The number of carbonyl (C=O) groups excluding carboxylic acids is 1. The van der Waals surface area contributed by atoms with Crippen molar-refractivity contribution >= 4 is 11.6 Å². The number of piperazine rings is 1. The SMILES string of the molecule is CC(C)(C)c1ccc(N2CCN(C(=O)CN3CCOCC3)CC2)c(C(F)(F)F)c1. The summed E-state index contributed by atoms with van der Waals surface area (Å²) in [7, 11) is 0. The lowest BCUT2D eigenvalue weighted by Crippen LogP contribution is -2.52. The van der Waals surface area contributed by atoms with Gasteiger partial charge in [0.25, 0.3) is 0 Å². The summed E-state index contributed by atoms with van der Waals surface area (Å²) in [4.78, 5) is 18.1. The molecule has 2 saturated heterocycles. The first-order chi connectivity index (χ1) is 13.6. The van der Waals surface area contributed by atoms with Crippen molar-refractivity contribution in [3.05, 3.63) is 29.3 Å². The number of morpholine rings is 1. The van der Waals surface area contributed by atoms with E-state index in [4.69, 9.17) is 4.74 Å². The van der Waals surface area contributed by atoms with E-state index in [0.717, 1.165) is 13.1 Å². The first-order valence-electron chi connectivity index (χ1n) is 10.1. The van der Waals surface area contributed by atoms with Gasteiger partial charge in [0, 0.05) is 45.0 Å². The van der Waals surface area contributed by atoms with Crippen LogP contribution in [0.15, 0.2) is 18.2 Å². The second-order valence-electron chi connectivity index (χ2n) is 8.74. The Kier molecular flexibility index (Phi) is 6.43. The van der Waals surface area contributed by atoms with Gasteiger partial charge in [-0.1, -0.05) is 26.8 Å². The fourth-order valence-electron chi connectivity index (χ4n) is 3.75. The van der Waals surface area contributed by atoms with Gasteiger partial charge in [-0.25, -0.2) is 0 Å². The average molecular weight is 413 g/mol. The second-order valence-corrected chi connectivity index (χ2v) is 8.74. The summed E-state index contributed by atoms with van der Waals surface area (Å²) in [6.45, 7) is 10.4. The minimum absolute atomic E-state index is 0.0330. The van der Waals surface area contributed by atoms with Crippen LogP contribution in [0.25, 0.3) is 0 Å². The number of hydrogen-bond acceptors (Lipinski definition) is 4. The monoisotopic (exact) mass is 413 g/mol. The summed E-state index contributed by atoms with van der Waals surface area (Å²) < 4.78 is 46.5. The zero-order valence-corrected chi connectivity index (χ0v) is 17.4. The molecule has 0 spiro atoms. The third-order valence-electron chi connectivity index (χ3n) is 5.60. The van der Waals surface area contributed by atoms with Gasteiger partial charge in [-0.05, 0) is 23.1 Å². The number of anilines is 1. The van der Waals surface area contributed by atoms with Gasteiger partial charge >= 0.3 is 6.18 Å². The third kappa shape index (κ3) is 5.42. The Morgan fingerprint density at radius 2 is 1.62 bits per heavy atom. The first-order valence-corrected chi connectivity index (χ1v) is 10.1. The van der Waals surface area contributed by atoms with E-state index in [-0.39, 0.29) is 17.0 Å². The van der Waals surface area contributed by atoms with Crippen molar-refractivity contribution in [3.8, 4) is 0 Å². The quantitative estimate of drug-likeness (QED) is 0.764. The van der Waals surface area contributed by atoms with E-state index in [2.05, 4.69) is 4.90 Å². The first kappa shape index (κ1) is 21.9. The largest absolute Gasteiger partial charge is 0.418 e. The van der Waals surface area contributed by atoms with Crippen molar-refractivity contribution in [2.45, 2.75) is 32.4 Å². The van der Waals surface area contributed by atoms with Crippen molar-refractivity contribution in [2.24, 2.45) is 0 Å². The summed E-state index contributed by atoms with van der Waals surface area (Å²) in [5.74, 6) is 0.0330. The summed E-state index contributed by atoms with van der Waals surface area (Å²) in [5.41, 5.74) is -0.0972. The highest BCUT2D eigenvalue weighted by Crippen LogP contribution is 2.39. The fourth-order valence-corrected chi connectivity index (χ4v) is 3.75. The molecular formula is C21H30F3N3O2. The number of alkyl halides is 3. The molecule has 0 aromatic heterocycles. The molecule has 2 fully saturated rings. The minimum Gasteiger partial charge on any atom is -0.379 e. The lowest BCUT2D eigenvalue weighted by Gasteiger charge is -2.38. The maximum atomic E-state index is 13.7. The van der Waals surface area contributed by atoms with Crippen molar-refractivity contribution < 1.29 is 22.7 Å². The standard InChI is InChI=1S/C21H30F3N3O2/c1-20(2,3)16-4-5-18(17(14-16)21(22,23)24)26-6-8-27(9-7-26)19(28)15-25-10-12-29-13-11-25/h4-5,14H,6-13,15H2,1-3H3. The highest BCUT2D eigenvalue weighted by molar-refractivity contribution is 5.78. The second kappa shape index (κ2) is 8.52. The van der Waals surface area contributed by atoms with Gasteiger partial charge in [0.1, 0.15) is 0 Å². The van der Waals surface area contributed by atoms with Crippen LogP contribution in [-0.4, -0.2) is 74.7 Å². The fraction of sp³-hybridized carbons (Fsp3) is 0.667. The van der Waals surface area contributed by atoms with E-state index < -0.39 is 11.7 Å². The average Bonchev–Trinajstić information content (AvgIpc) is 2.67. The molecule has 29 heavy (non-hydrogen) atoms. The predicted octanol–water partition coefficient (Wildman–Crippen LogP) is 2.98. The van der Waals surface area contributed by atoms with E-state index in [1.54, 1.807) is 21.9 Å². The molecule has 0 bridgehead atoms. The van der Waals surface area contributed by atoms with Gasteiger partial charge in [0.05, 0.1) is 25.3 Å². The summed E-state index contributed by atoms with van der Waals surface area (Å²) in [5, 5.41) is 0. The number of halogens is 3. The van der Waals surface area contributed by atoms with Crippen LogP contribution in [0.4, 0.5) is 18.9 Å². The molecule has 0 aliphatic carbocycles. The van der Waals surface area contributed by atoms with Crippen LogP contribution in [0.1, 0.15) is 31.9 Å². The molecular weight excluding hydrogens is 383 g/mol. The van der Waals surface area contributed by atoms with Crippen LogP contribution in [0.2, 0.25) is 0 Å². The molecule has 3 rings (SSSR count). The van der Waals surface area contributed by atoms with Crippen LogP contribution >= 0.6 is 0 Å². The molecule has 1 aromatic rings. The Morgan fingerprint density at radius 1 is 1.00 bits per heavy atom. The van der Waals surface area contributed by atoms with Crippen molar-refractivity contribution in [1.82, 2.24) is 9.80 Å². The van der Waals surface area contributed by atoms with Crippen molar-refractivity contribution in [1.29, 1.82) is 0 Å². The molecule has 1 amide bonds. The molecule has 2 aliphatic rings. The maximum Gasteiger partial charge on any atom is 0.418 e. The van der Waals surface area contributed by atoms with Crippen LogP contribution in [0.5, 0.6) is 0 Å². The summed E-state index contributed by atoms with van der Waals surface area (Å²) in [6.07, 6.45) is -4.42. The minimum atomic E-state index is -4.42. The van der Waals surface area contributed by atoms with Crippen LogP contribution in [0, 0.1) is 0 Å². The number of rotatable bonds is 3. The van der Waals surface area contributed by atoms with Crippen LogP contribution in [-0.2, 0) is 21.1 Å². The van der Waals surface area contributed by atoms with Gasteiger partial charge in [-0.3, -0.25) is 9.69 Å². The zero-order valence-electron chi connectivity index (χ0n) is 17.4. The number of benzene rings is 1. The maximum absolute atomic E-state index is 13.7. The molecule has 2 aliphatic heterocycles. The Bertz CT molecular complexity index is 717. The van der Waals surface area contributed by atoms with Gasteiger partial charge in [-0.2, -0.15) is 13.2 Å². The lowest BCUT2D eigenvalue weighted by atomic mass is 9.85. The molecule has 0 radical (unpaired) electrons. The number of ether oxygens (including phenoxy) is 1. The Morgan fingerprint density at radius 3 is 2.17 bits per heavy atom. The normalized spacial score (nSPS) is 19.5. The Balaban J connectivity index is 1.67. The molecule has 0 N–H and O–H groups in total. The number of amides is 1. The Hall–Kier alpha value is -1.80. The topological polar surface area (TPSA) is 36.0 Å². The molecule has 8 heteroatoms. The third-order valence-corrected chi connectivity index (χ3v) is 5.60. The van der Waals surface area contributed by atoms with Gasteiger partial charge < -0.3 is 14.5 Å². The number of carbonyl (C=O) groups is 1. The van der Waals surface area contributed by atoms with Gasteiger partial charge in [0.15, 0.2) is 0 Å². The smallest absolute Gasteiger partial charge is 0.379 e. The predicted molar refractivity (Wildman–Crippen MR) is 106 cm³/mol.